The molecule has 0 amide bonds. The van der Waals surface area contributed by atoms with E-state index in [2.05, 4.69) is 36.4 Å². The Kier molecular flexibility index (Phi) is 1.54. The average Bonchev–Trinajstić information content (AvgIpc) is 2.29. The minimum Gasteiger partial charge on any atom is -0.0610 e. The molecule has 0 nitrogen and oxygen atoms in total. The number of benzene rings is 3. The second-order valence-electron chi connectivity index (χ2n) is 3.34. The van der Waals surface area contributed by atoms with Gasteiger partial charge in [0.05, 0.1) is 0 Å². The second-order valence-corrected chi connectivity index (χ2v) is 3.34. The molecule has 0 spiro atoms. The molecule has 0 fully saturated rings. The Labute approximate surface area is 82.8 Å². The first-order chi connectivity index (χ1) is 6.95. The lowest BCUT2D eigenvalue weighted by Gasteiger charge is -2.01. The maximum Gasteiger partial charge on any atom is -0.00987 e. The Morgan fingerprint density at radius 1 is 0.857 bits per heavy atom. The van der Waals surface area contributed by atoms with Gasteiger partial charge in [0.2, 0.25) is 0 Å². The molecule has 0 heterocycles. The minimum atomic E-state index is 1.17. The fraction of sp³-hybridized carbons (Fsp3) is 0. The summed E-state index contributed by atoms with van der Waals surface area (Å²) in [4.78, 5) is 0. The van der Waals surface area contributed by atoms with E-state index in [-0.39, 0.29) is 0 Å². The van der Waals surface area contributed by atoms with Crippen LogP contribution in [0.15, 0.2) is 48.5 Å². The average molecular weight is 176 g/mol. The van der Waals surface area contributed by atoms with Crippen molar-refractivity contribution in [3.63, 3.8) is 0 Å². The van der Waals surface area contributed by atoms with Crippen LogP contribution < -0.4 is 0 Å². The SMILES string of the molecule is [c]1ccc2ccc3[c]cccc3c2c1. The molecule has 0 bridgehead atoms. The van der Waals surface area contributed by atoms with Gasteiger partial charge in [-0.15, -0.1) is 0 Å². The minimum absolute atomic E-state index is 1.17. The van der Waals surface area contributed by atoms with Crippen molar-refractivity contribution >= 4 is 21.5 Å². The summed E-state index contributed by atoms with van der Waals surface area (Å²) in [5.74, 6) is 0. The Bertz CT molecular complexity index is 539. The highest BCUT2D eigenvalue weighted by atomic mass is 14.0. The highest BCUT2D eigenvalue weighted by molar-refractivity contribution is 6.06. The van der Waals surface area contributed by atoms with Crippen LogP contribution in [-0.4, -0.2) is 0 Å². The number of hydrogen-bond acceptors (Lipinski definition) is 0. The van der Waals surface area contributed by atoms with Crippen molar-refractivity contribution in [3.05, 3.63) is 60.7 Å². The van der Waals surface area contributed by atoms with Gasteiger partial charge in [-0.2, -0.15) is 0 Å². The van der Waals surface area contributed by atoms with E-state index in [1.807, 2.05) is 24.3 Å². The van der Waals surface area contributed by atoms with Crippen LogP contribution in [0.25, 0.3) is 21.5 Å². The lowest BCUT2D eigenvalue weighted by molar-refractivity contribution is 1.75. The zero-order valence-corrected chi connectivity index (χ0v) is 7.62. The van der Waals surface area contributed by atoms with Crippen LogP contribution in [0.2, 0.25) is 0 Å². The van der Waals surface area contributed by atoms with Crippen molar-refractivity contribution in [3.8, 4) is 0 Å². The molecule has 0 N–H and O–H groups in total. The number of rotatable bonds is 0. The van der Waals surface area contributed by atoms with Gasteiger partial charge in [-0.05, 0) is 39.7 Å². The van der Waals surface area contributed by atoms with Gasteiger partial charge in [0, 0.05) is 0 Å². The van der Waals surface area contributed by atoms with E-state index < -0.39 is 0 Å². The monoisotopic (exact) mass is 176 g/mol. The maximum atomic E-state index is 3.23. The summed E-state index contributed by atoms with van der Waals surface area (Å²) in [5.41, 5.74) is 0. The van der Waals surface area contributed by atoms with Gasteiger partial charge in [-0.25, -0.2) is 0 Å². The summed E-state index contributed by atoms with van der Waals surface area (Å²) < 4.78 is 0. The smallest absolute Gasteiger partial charge is 0.00987 e. The molecule has 0 atom stereocenters. The highest BCUT2D eigenvalue weighted by Crippen LogP contribution is 2.23. The molecule has 2 radical (unpaired) electrons. The van der Waals surface area contributed by atoms with Crippen molar-refractivity contribution in [2.24, 2.45) is 0 Å². The summed E-state index contributed by atoms with van der Waals surface area (Å²) in [5, 5.41) is 4.93. The van der Waals surface area contributed by atoms with E-state index >= 15 is 0 Å². The largest absolute Gasteiger partial charge is 0.0610 e. The van der Waals surface area contributed by atoms with E-state index in [1.54, 1.807) is 0 Å². The molecule has 0 aliphatic heterocycles. The van der Waals surface area contributed by atoms with E-state index in [4.69, 9.17) is 0 Å². The Morgan fingerprint density at radius 3 is 2.86 bits per heavy atom. The Hall–Kier alpha value is -1.82. The summed E-state index contributed by atoms with van der Waals surface area (Å²) in [6.07, 6.45) is 0. The van der Waals surface area contributed by atoms with Gasteiger partial charge in [0.15, 0.2) is 0 Å². The van der Waals surface area contributed by atoms with Crippen LogP contribution in [0, 0.1) is 12.1 Å². The van der Waals surface area contributed by atoms with Crippen molar-refractivity contribution in [2.75, 3.05) is 0 Å². The van der Waals surface area contributed by atoms with Crippen LogP contribution in [-0.2, 0) is 0 Å². The standard InChI is InChI=1S/C14H8/c1-3-7-13-11(5-1)9-10-12-6-2-4-8-14(12)13/h1-3,6-10H. The normalized spacial score (nSPS) is 10.9. The predicted molar refractivity (Wildman–Crippen MR) is 59.1 cm³/mol. The zero-order valence-electron chi connectivity index (χ0n) is 7.62. The lowest BCUT2D eigenvalue weighted by Crippen LogP contribution is -1.76. The number of fused-ring (bicyclic) bond motifs is 3. The third kappa shape index (κ3) is 1.01. The first-order valence-electron chi connectivity index (χ1n) is 4.64. The highest BCUT2D eigenvalue weighted by Gasteiger charge is 1.97. The number of hydrogen-bond donors (Lipinski definition) is 0. The van der Waals surface area contributed by atoms with Crippen LogP contribution in [0.5, 0.6) is 0 Å². The van der Waals surface area contributed by atoms with Crippen molar-refractivity contribution < 1.29 is 0 Å². The maximum absolute atomic E-state index is 3.23. The molecule has 14 heavy (non-hydrogen) atoms. The van der Waals surface area contributed by atoms with Crippen LogP contribution >= 0.6 is 0 Å². The Morgan fingerprint density at radius 2 is 1.86 bits per heavy atom. The third-order valence-corrected chi connectivity index (χ3v) is 2.51. The summed E-state index contributed by atoms with van der Waals surface area (Å²) in [7, 11) is 0. The summed E-state index contributed by atoms with van der Waals surface area (Å²) in [6.45, 7) is 0. The predicted octanol–water partition coefficient (Wildman–Crippen LogP) is 3.59. The quantitative estimate of drug-likeness (QED) is 0.459. The molecular formula is C14H8. The molecule has 3 rings (SSSR count). The lowest BCUT2D eigenvalue weighted by atomic mass is 10.0. The van der Waals surface area contributed by atoms with Crippen molar-refractivity contribution in [1.29, 1.82) is 0 Å². The van der Waals surface area contributed by atoms with E-state index in [1.165, 1.54) is 21.5 Å². The molecule has 0 saturated heterocycles. The van der Waals surface area contributed by atoms with Gasteiger partial charge < -0.3 is 0 Å². The first kappa shape index (κ1) is 7.57. The molecule has 3 aromatic rings. The van der Waals surface area contributed by atoms with Gasteiger partial charge >= 0.3 is 0 Å². The zero-order chi connectivity index (χ0) is 9.38. The fourth-order valence-electron chi connectivity index (χ4n) is 1.82. The van der Waals surface area contributed by atoms with Crippen molar-refractivity contribution in [1.82, 2.24) is 0 Å². The molecule has 0 saturated carbocycles. The van der Waals surface area contributed by atoms with Gasteiger partial charge in [-0.3, -0.25) is 0 Å². The van der Waals surface area contributed by atoms with Crippen LogP contribution in [0.3, 0.4) is 0 Å². The fourth-order valence-corrected chi connectivity index (χ4v) is 1.82. The summed E-state index contributed by atoms with van der Waals surface area (Å²) >= 11 is 0. The molecule has 0 aromatic heterocycles. The molecule has 0 heteroatoms. The Balaban J connectivity index is 2.61. The van der Waals surface area contributed by atoms with E-state index in [9.17, 15) is 0 Å². The molecular weight excluding hydrogens is 168 g/mol. The van der Waals surface area contributed by atoms with E-state index in [0.29, 0.717) is 0 Å². The van der Waals surface area contributed by atoms with Gasteiger partial charge in [0.1, 0.15) is 0 Å². The van der Waals surface area contributed by atoms with Crippen molar-refractivity contribution in [2.45, 2.75) is 0 Å². The van der Waals surface area contributed by atoms with Crippen LogP contribution in [0.4, 0.5) is 0 Å². The molecule has 64 valence electrons. The van der Waals surface area contributed by atoms with Gasteiger partial charge in [-0.1, -0.05) is 42.5 Å². The van der Waals surface area contributed by atoms with Gasteiger partial charge in [0.25, 0.3) is 0 Å². The first-order valence-corrected chi connectivity index (χ1v) is 4.64. The van der Waals surface area contributed by atoms with E-state index in [0.717, 1.165) is 0 Å². The second kappa shape index (κ2) is 2.85. The molecule has 3 aromatic carbocycles. The molecule has 0 aliphatic rings. The topological polar surface area (TPSA) is 0 Å². The third-order valence-electron chi connectivity index (χ3n) is 2.51. The van der Waals surface area contributed by atoms with Crippen LogP contribution in [0.1, 0.15) is 0 Å². The molecule has 0 unspecified atom stereocenters. The summed E-state index contributed by atoms with van der Waals surface area (Å²) in [6, 6.07) is 22.7. The molecule has 0 aliphatic carbocycles.